The van der Waals surface area contributed by atoms with Gasteiger partial charge in [0.15, 0.2) is 0 Å². The maximum atomic E-state index is 11.9. The van der Waals surface area contributed by atoms with E-state index in [9.17, 15) is 14.7 Å². The Hall–Kier alpha value is -1.72. The molecule has 2 aliphatic rings. The summed E-state index contributed by atoms with van der Waals surface area (Å²) in [4.78, 5) is 23.2. The first-order valence-electron chi connectivity index (χ1n) is 6.66. The molecule has 0 spiro atoms. The lowest BCUT2D eigenvalue weighted by Crippen LogP contribution is -2.47. The van der Waals surface area contributed by atoms with E-state index in [1.807, 2.05) is 0 Å². The summed E-state index contributed by atoms with van der Waals surface area (Å²) in [6.07, 6.45) is 6.10. The van der Waals surface area contributed by atoms with E-state index in [1.54, 1.807) is 0 Å². The summed E-state index contributed by atoms with van der Waals surface area (Å²) in [5, 5.41) is 11.8. The van der Waals surface area contributed by atoms with Crippen molar-refractivity contribution < 1.29 is 24.2 Å². The van der Waals surface area contributed by atoms with Crippen LogP contribution in [0, 0.1) is 5.92 Å². The van der Waals surface area contributed by atoms with Gasteiger partial charge in [0, 0.05) is 0 Å². The van der Waals surface area contributed by atoms with Crippen molar-refractivity contribution in [1.29, 1.82) is 0 Å². The number of ether oxygens (including phenoxy) is 2. The number of carbonyl (C=O) groups is 2. The molecule has 19 heavy (non-hydrogen) atoms. The van der Waals surface area contributed by atoms with E-state index in [-0.39, 0.29) is 11.7 Å². The Kier molecular flexibility index (Phi) is 4.65. The highest BCUT2D eigenvalue weighted by atomic mass is 16.6. The lowest BCUT2D eigenvalue weighted by Gasteiger charge is -2.28. The topological polar surface area (TPSA) is 84.9 Å². The van der Waals surface area contributed by atoms with E-state index >= 15 is 0 Å². The maximum absolute atomic E-state index is 11.9. The molecular weight excluding hydrogens is 250 g/mol. The molecule has 6 heteroatoms. The summed E-state index contributed by atoms with van der Waals surface area (Å²) in [6.45, 7) is 0.711. The molecule has 0 radical (unpaired) electrons. The number of nitrogens with one attached hydrogen (secondary N) is 1. The second-order valence-corrected chi connectivity index (χ2v) is 4.89. The Labute approximate surface area is 111 Å². The van der Waals surface area contributed by atoms with Gasteiger partial charge in [0.25, 0.3) is 5.91 Å². The van der Waals surface area contributed by atoms with E-state index in [2.05, 4.69) is 5.32 Å². The van der Waals surface area contributed by atoms with Crippen LogP contribution in [0.5, 0.6) is 0 Å². The number of carbonyl (C=O) groups excluding carboxylic acids is 1. The van der Waals surface area contributed by atoms with Crippen LogP contribution in [0.2, 0.25) is 0 Å². The molecule has 0 bridgehead atoms. The Morgan fingerprint density at radius 3 is 2.58 bits per heavy atom. The lowest BCUT2D eigenvalue weighted by molar-refractivity contribution is -0.144. The molecular formula is C13H19NO5. The van der Waals surface area contributed by atoms with Crippen molar-refractivity contribution in [1.82, 2.24) is 5.32 Å². The van der Waals surface area contributed by atoms with E-state index in [1.165, 1.54) is 6.26 Å². The summed E-state index contributed by atoms with van der Waals surface area (Å²) >= 11 is 0. The van der Waals surface area contributed by atoms with Gasteiger partial charge in [0.2, 0.25) is 5.76 Å². The van der Waals surface area contributed by atoms with Gasteiger partial charge in [-0.1, -0.05) is 19.3 Å². The monoisotopic (exact) mass is 269 g/mol. The fourth-order valence-corrected chi connectivity index (χ4v) is 2.55. The number of hydrogen-bond acceptors (Lipinski definition) is 4. The molecule has 0 aromatic carbocycles. The zero-order valence-electron chi connectivity index (χ0n) is 10.8. The zero-order chi connectivity index (χ0) is 13.7. The van der Waals surface area contributed by atoms with Crippen LogP contribution in [-0.4, -0.2) is 36.2 Å². The van der Waals surface area contributed by atoms with Crippen LogP contribution < -0.4 is 5.32 Å². The second kappa shape index (κ2) is 6.45. The molecule has 1 atom stereocenters. The van der Waals surface area contributed by atoms with Crippen molar-refractivity contribution in [2.24, 2.45) is 5.92 Å². The van der Waals surface area contributed by atoms with Crippen LogP contribution in [0.25, 0.3) is 0 Å². The first-order valence-corrected chi connectivity index (χ1v) is 6.66. The lowest BCUT2D eigenvalue weighted by atomic mass is 9.84. The predicted molar refractivity (Wildman–Crippen MR) is 66.1 cm³/mol. The molecule has 1 aliphatic heterocycles. The highest BCUT2D eigenvalue weighted by Gasteiger charge is 2.32. The zero-order valence-corrected chi connectivity index (χ0v) is 10.8. The Morgan fingerprint density at radius 2 is 2.00 bits per heavy atom. The van der Waals surface area contributed by atoms with Crippen molar-refractivity contribution in [3.8, 4) is 0 Å². The quantitative estimate of drug-likeness (QED) is 0.796. The molecule has 1 aliphatic carbocycles. The van der Waals surface area contributed by atoms with Gasteiger partial charge in [0.05, 0.1) is 0 Å². The first-order chi connectivity index (χ1) is 9.18. The van der Waals surface area contributed by atoms with Gasteiger partial charge in [-0.15, -0.1) is 0 Å². The fraction of sp³-hybridized carbons (Fsp3) is 0.692. The van der Waals surface area contributed by atoms with Crippen molar-refractivity contribution in [2.75, 3.05) is 13.2 Å². The average molecular weight is 269 g/mol. The number of hydrogen-bond donors (Lipinski definition) is 2. The molecule has 106 valence electrons. The smallest absolute Gasteiger partial charge is 0.326 e. The van der Waals surface area contributed by atoms with Gasteiger partial charge in [0.1, 0.15) is 25.5 Å². The summed E-state index contributed by atoms with van der Waals surface area (Å²) in [7, 11) is 0. The van der Waals surface area contributed by atoms with Crippen molar-refractivity contribution in [3.63, 3.8) is 0 Å². The molecule has 1 unspecified atom stereocenters. The van der Waals surface area contributed by atoms with Gasteiger partial charge in [-0.2, -0.15) is 0 Å². The number of amides is 1. The van der Waals surface area contributed by atoms with Gasteiger partial charge in [-0.3, -0.25) is 4.79 Å². The summed E-state index contributed by atoms with van der Waals surface area (Å²) in [5.74, 6) is -1.45. The number of aliphatic carboxylic acids is 1. The second-order valence-electron chi connectivity index (χ2n) is 4.89. The predicted octanol–water partition coefficient (Wildman–Crippen LogP) is 1.02. The van der Waals surface area contributed by atoms with Crippen LogP contribution in [0.3, 0.4) is 0 Å². The largest absolute Gasteiger partial charge is 0.494 e. The summed E-state index contributed by atoms with van der Waals surface area (Å²) < 4.78 is 10.1. The minimum Gasteiger partial charge on any atom is -0.494 e. The molecule has 0 aromatic rings. The minimum atomic E-state index is -0.988. The fourth-order valence-electron chi connectivity index (χ4n) is 2.55. The molecule has 1 saturated carbocycles. The highest BCUT2D eigenvalue weighted by molar-refractivity contribution is 5.94. The van der Waals surface area contributed by atoms with Crippen LogP contribution in [0.4, 0.5) is 0 Å². The molecule has 1 amide bonds. The molecule has 2 N–H and O–H groups in total. The molecule has 2 rings (SSSR count). The Morgan fingerprint density at radius 1 is 1.26 bits per heavy atom. The van der Waals surface area contributed by atoms with Crippen LogP contribution in [0.15, 0.2) is 12.0 Å². The highest BCUT2D eigenvalue weighted by Crippen LogP contribution is 2.26. The van der Waals surface area contributed by atoms with Gasteiger partial charge in [-0.25, -0.2) is 4.79 Å². The molecule has 1 heterocycles. The van der Waals surface area contributed by atoms with Gasteiger partial charge >= 0.3 is 5.97 Å². The summed E-state index contributed by atoms with van der Waals surface area (Å²) in [5.41, 5.74) is 0. The van der Waals surface area contributed by atoms with Crippen LogP contribution >= 0.6 is 0 Å². The number of carboxylic acids is 1. The van der Waals surface area contributed by atoms with E-state index in [0.29, 0.717) is 13.2 Å². The third-order valence-corrected chi connectivity index (χ3v) is 3.55. The maximum Gasteiger partial charge on any atom is 0.326 e. The van der Waals surface area contributed by atoms with Crippen molar-refractivity contribution in [2.45, 2.75) is 38.1 Å². The van der Waals surface area contributed by atoms with Crippen molar-refractivity contribution in [3.05, 3.63) is 12.0 Å². The van der Waals surface area contributed by atoms with Crippen LogP contribution in [0.1, 0.15) is 32.1 Å². The molecule has 0 saturated heterocycles. The third-order valence-electron chi connectivity index (χ3n) is 3.55. The Balaban J connectivity index is 1.97. The first kappa shape index (κ1) is 13.7. The normalized spacial score (nSPS) is 21.6. The van der Waals surface area contributed by atoms with E-state index in [0.717, 1.165) is 32.1 Å². The van der Waals surface area contributed by atoms with Gasteiger partial charge < -0.3 is 19.9 Å². The van der Waals surface area contributed by atoms with Crippen molar-refractivity contribution >= 4 is 11.9 Å². The third kappa shape index (κ3) is 3.62. The average Bonchev–Trinajstić information content (AvgIpc) is 2.46. The van der Waals surface area contributed by atoms with Gasteiger partial charge in [-0.05, 0) is 18.8 Å². The SMILES string of the molecule is O=C(NC(C(=O)O)C1CCCCC1)C1=COCCO1. The standard InChI is InChI=1S/C13H19NO5/c15-12(10-8-18-6-7-19-10)14-11(13(16)17)9-4-2-1-3-5-9/h8-9,11H,1-7H2,(H,14,15)(H,16,17). The molecule has 1 fully saturated rings. The molecule has 0 aromatic heterocycles. The Bertz CT molecular complexity index is 373. The van der Waals surface area contributed by atoms with E-state index < -0.39 is 17.9 Å². The number of carboxylic acid groups (broad SMARTS) is 1. The van der Waals surface area contributed by atoms with Crippen LogP contribution in [-0.2, 0) is 19.1 Å². The van der Waals surface area contributed by atoms with E-state index in [4.69, 9.17) is 9.47 Å². The molecule has 6 nitrogen and oxygen atoms in total. The minimum absolute atomic E-state index is 0.000286. The number of rotatable bonds is 4. The summed E-state index contributed by atoms with van der Waals surface area (Å²) in [6, 6.07) is -0.848.